The van der Waals surface area contributed by atoms with Gasteiger partial charge in [-0.25, -0.2) is 4.98 Å². The molecule has 1 atom stereocenters. The van der Waals surface area contributed by atoms with Gasteiger partial charge in [0.15, 0.2) is 0 Å². The third kappa shape index (κ3) is 5.03. The van der Waals surface area contributed by atoms with E-state index in [1.54, 1.807) is 30.0 Å². The second-order valence-corrected chi connectivity index (χ2v) is 8.23. The highest BCUT2D eigenvalue weighted by Crippen LogP contribution is 2.40. The van der Waals surface area contributed by atoms with Crippen LogP contribution in [0.3, 0.4) is 0 Å². The Morgan fingerprint density at radius 1 is 1.06 bits per heavy atom. The molecule has 5 N–H and O–H groups in total. The number of halogens is 3. The lowest BCUT2D eigenvalue weighted by molar-refractivity contribution is -0.137. The van der Waals surface area contributed by atoms with E-state index in [9.17, 15) is 22.8 Å². The van der Waals surface area contributed by atoms with Crippen LogP contribution >= 0.6 is 0 Å². The number of rotatable bonds is 6. The number of fused-ring (bicyclic) bond motifs is 1. The second kappa shape index (κ2) is 9.24. The van der Waals surface area contributed by atoms with E-state index < -0.39 is 29.6 Å². The first kappa shape index (κ1) is 24.0. The Balaban J connectivity index is 1.70. The highest BCUT2D eigenvalue weighted by atomic mass is 19.4. The zero-order valence-electron chi connectivity index (χ0n) is 18.8. The van der Waals surface area contributed by atoms with Gasteiger partial charge in [-0.05, 0) is 41.7 Å². The van der Waals surface area contributed by atoms with Crippen LogP contribution in [0, 0.1) is 0 Å². The highest BCUT2D eigenvalue weighted by molar-refractivity contribution is 5.92. The number of hydrogen-bond donors (Lipinski definition) is 3. The maximum Gasteiger partial charge on any atom is 0.417 e. The Morgan fingerprint density at radius 2 is 1.77 bits per heavy atom. The number of benzene rings is 2. The maximum absolute atomic E-state index is 13.6. The molecule has 3 aromatic rings. The van der Waals surface area contributed by atoms with Crippen molar-refractivity contribution in [2.24, 2.45) is 11.5 Å². The number of alkyl halides is 3. The number of carbonyl (C=O) groups excluding carboxylic acids is 2. The summed E-state index contributed by atoms with van der Waals surface area (Å²) >= 11 is 0. The smallest absolute Gasteiger partial charge is 0.368 e. The Labute approximate surface area is 199 Å². The Morgan fingerprint density at radius 3 is 2.46 bits per heavy atom. The molecule has 0 saturated heterocycles. The third-order valence-electron chi connectivity index (χ3n) is 5.83. The topological polar surface area (TPSA) is 127 Å². The fraction of sp³-hybridized carbons (Fsp3) is 0.250. The summed E-state index contributed by atoms with van der Waals surface area (Å²) < 4.78 is 40.9. The molecule has 0 saturated carbocycles. The van der Waals surface area contributed by atoms with Gasteiger partial charge in [-0.1, -0.05) is 36.4 Å². The molecule has 0 fully saturated rings. The summed E-state index contributed by atoms with van der Waals surface area (Å²) in [5, 5.41) is 2.82. The normalized spacial score (nSPS) is 14.2. The van der Waals surface area contributed by atoms with Gasteiger partial charge in [-0.3, -0.25) is 9.59 Å². The van der Waals surface area contributed by atoms with Crippen molar-refractivity contribution >= 4 is 23.6 Å². The van der Waals surface area contributed by atoms with Crippen LogP contribution < -0.4 is 21.7 Å². The molecule has 0 bridgehead atoms. The summed E-state index contributed by atoms with van der Waals surface area (Å²) in [6, 6.07) is 11.3. The quantitative estimate of drug-likeness (QED) is 0.493. The zero-order chi connectivity index (χ0) is 25.3. The molecule has 2 amide bonds. The molecular formula is C24H23F3N6O2. The molecule has 11 heteroatoms. The maximum atomic E-state index is 13.6. The standard InChI is InChI=1S/C24H23F3N6O2/c1-13(21(28)34)30-20-11-19(22(29)35)31-23(32-20)33-10-9-15-14(12-33)5-4-7-16(15)17-6-2-3-8-18(17)24(25,26)27/h2-8,11,13H,9-10,12H2,1H3,(H2,28,34)(H2,29,35)(H,30,31,32)/t13-/m0/s1. The monoisotopic (exact) mass is 484 g/mol. The van der Waals surface area contributed by atoms with Gasteiger partial charge in [0.2, 0.25) is 11.9 Å². The molecule has 1 aliphatic rings. The number of amides is 2. The number of hydrogen-bond acceptors (Lipinski definition) is 6. The molecule has 35 heavy (non-hydrogen) atoms. The summed E-state index contributed by atoms with van der Waals surface area (Å²) in [6.45, 7) is 2.25. The van der Waals surface area contributed by atoms with Crippen LogP contribution in [0.4, 0.5) is 24.9 Å². The lowest BCUT2D eigenvalue weighted by Crippen LogP contribution is -2.35. The van der Waals surface area contributed by atoms with Crippen LogP contribution in [0.2, 0.25) is 0 Å². The molecule has 8 nitrogen and oxygen atoms in total. The molecule has 0 aliphatic carbocycles. The van der Waals surface area contributed by atoms with E-state index in [1.165, 1.54) is 18.2 Å². The first-order valence-electron chi connectivity index (χ1n) is 10.8. The average molecular weight is 484 g/mol. The molecule has 182 valence electrons. The van der Waals surface area contributed by atoms with Crippen molar-refractivity contribution in [2.75, 3.05) is 16.8 Å². The van der Waals surface area contributed by atoms with Gasteiger partial charge in [0.25, 0.3) is 5.91 Å². The number of anilines is 2. The number of nitrogens with one attached hydrogen (secondary N) is 1. The van der Waals surface area contributed by atoms with Gasteiger partial charge in [-0.2, -0.15) is 18.2 Å². The number of nitrogens with zero attached hydrogens (tertiary/aromatic N) is 3. The zero-order valence-corrected chi connectivity index (χ0v) is 18.8. The van der Waals surface area contributed by atoms with Crippen LogP contribution in [0.1, 0.15) is 34.1 Å². The third-order valence-corrected chi connectivity index (χ3v) is 5.83. The van der Waals surface area contributed by atoms with E-state index in [0.717, 1.165) is 17.2 Å². The molecule has 2 aromatic carbocycles. The number of primary amides is 2. The van der Waals surface area contributed by atoms with Crippen LogP contribution in [0.15, 0.2) is 48.5 Å². The summed E-state index contributed by atoms with van der Waals surface area (Å²) in [4.78, 5) is 33.7. The Hall–Kier alpha value is -4.15. The lowest BCUT2D eigenvalue weighted by Gasteiger charge is -2.31. The van der Waals surface area contributed by atoms with E-state index in [4.69, 9.17) is 11.5 Å². The minimum atomic E-state index is -4.48. The van der Waals surface area contributed by atoms with E-state index >= 15 is 0 Å². The van der Waals surface area contributed by atoms with Crippen LogP contribution in [0.25, 0.3) is 11.1 Å². The van der Waals surface area contributed by atoms with Gasteiger partial charge in [0, 0.05) is 19.2 Å². The predicted molar refractivity (Wildman–Crippen MR) is 124 cm³/mol. The van der Waals surface area contributed by atoms with Crippen LogP contribution in [-0.2, 0) is 23.9 Å². The van der Waals surface area contributed by atoms with Crippen LogP contribution in [0.5, 0.6) is 0 Å². The Bertz CT molecular complexity index is 1290. The number of aromatic nitrogens is 2. The van der Waals surface area contributed by atoms with Crippen molar-refractivity contribution in [3.63, 3.8) is 0 Å². The van der Waals surface area contributed by atoms with Gasteiger partial charge >= 0.3 is 6.18 Å². The summed E-state index contributed by atoms with van der Waals surface area (Å²) in [6.07, 6.45) is -4.04. The van der Waals surface area contributed by atoms with Crippen molar-refractivity contribution in [1.29, 1.82) is 0 Å². The highest BCUT2D eigenvalue weighted by Gasteiger charge is 2.34. The largest absolute Gasteiger partial charge is 0.417 e. The predicted octanol–water partition coefficient (Wildman–Crippen LogP) is 3.11. The molecule has 0 radical (unpaired) electrons. The van der Waals surface area contributed by atoms with Gasteiger partial charge in [0.1, 0.15) is 17.6 Å². The molecule has 4 rings (SSSR count). The molecule has 1 aromatic heterocycles. The van der Waals surface area contributed by atoms with Crippen molar-refractivity contribution in [1.82, 2.24) is 9.97 Å². The van der Waals surface area contributed by atoms with Gasteiger partial charge < -0.3 is 21.7 Å². The number of nitrogens with two attached hydrogens (primary N) is 2. The first-order valence-corrected chi connectivity index (χ1v) is 10.8. The molecule has 1 aliphatic heterocycles. The first-order chi connectivity index (χ1) is 16.5. The van der Waals surface area contributed by atoms with E-state index in [-0.39, 0.29) is 23.0 Å². The average Bonchev–Trinajstić information content (AvgIpc) is 2.82. The second-order valence-electron chi connectivity index (χ2n) is 8.23. The molecule has 0 unspecified atom stereocenters. The summed E-state index contributed by atoms with van der Waals surface area (Å²) in [5.41, 5.74) is 12.3. The minimum Gasteiger partial charge on any atom is -0.368 e. The fourth-order valence-corrected chi connectivity index (χ4v) is 4.07. The molecule has 0 spiro atoms. The van der Waals surface area contributed by atoms with E-state index in [2.05, 4.69) is 15.3 Å². The van der Waals surface area contributed by atoms with E-state index in [1.807, 2.05) is 6.07 Å². The van der Waals surface area contributed by atoms with Crippen molar-refractivity contribution in [3.8, 4) is 11.1 Å². The van der Waals surface area contributed by atoms with Crippen molar-refractivity contribution < 1.29 is 22.8 Å². The summed E-state index contributed by atoms with van der Waals surface area (Å²) in [7, 11) is 0. The van der Waals surface area contributed by atoms with Gasteiger partial charge in [0.05, 0.1) is 5.56 Å². The van der Waals surface area contributed by atoms with Crippen molar-refractivity contribution in [2.45, 2.75) is 32.1 Å². The van der Waals surface area contributed by atoms with E-state index in [0.29, 0.717) is 25.1 Å². The minimum absolute atomic E-state index is 0.0483. The SMILES string of the molecule is C[C@H](Nc1cc(C(N)=O)nc(N2CCc3c(cccc3-c3ccccc3C(F)(F)F)C2)n1)C(N)=O. The fourth-order valence-electron chi connectivity index (χ4n) is 4.07. The van der Waals surface area contributed by atoms with Crippen molar-refractivity contribution in [3.05, 3.63) is 70.9 Å². The number of carbonyl (C=O) groups is 2. The summed E-state index contributed by atoms with van der Waals surface area (Å²) in [5.74, 6) is -0.975. The molecule has 2 heterocycles. The molecular weight excluding hydrogens is 461 g/mol. The van der Waals surface area contributed by atoms with Gasteiger partial charge in [-0.15, -0.1) is 0 Å². The Kier molecular flexibility index (Phi) is 6.33. The lowest BCUT2D eigenvalue weighted by atomic mass is 9.88. The van der Waals surface area contributed by atoms with Crippen LogP contribution in [-0.4, -0.2) is 34.4 Å².